The summed E-state index contributed by atoms with van der Waals surface area (Å²) < 4.78 is 5.61. The zero-order chi connectivity index (χ0) is 19.7. The first-order valence-corrected chi connectivity index (χ1v) is 9.73. The van der Waals surface area contributed by atoms with Gasteiger partial charge in [-0.3, -0.25) is 4.79 Å². The summed E-state index contributed by atoms with van der Waals surface area (Å²) in [5.74, 6) is -0.0771. The molecule has 1 fully saturated rings. The van der Waals surface area contributed by atoms with Crippen molar-refractivity contribution in [2.45, 2.75) is 13.8 Å². The number of amides is 1. The van der Waals surface area contributed by atoms with Crippen molar-refractivity contribution < 1.29 is 9.21 Å². The van der Waals surface area contributed by atoms with Gasteiger partial charge < -0.3 is 14.2 Å². The number of fused-ring (bicyclic) bond motifs is 1. The molecule has 1 aliphatic heterocycles. The lowest BCUT2D eigenvalue weighted by Gasteiger charge is -2.34. The Labute approximate surface area is 164 Å². The lowest BCUT2D eigenvalue weighted by atomic mass is 9.97. The highest BCUT2D eigenvalue weighted by Crippen LogP contribution is 2.31. The van der Waals surface area contributed by atoms with Gasteiger partial charge in [0.15, 0.2) is 0 Å². The molecule has 0 unspecified atom stereocenters. The molecule has 1 amide bonds. The molecule has 144 valence electrons. The fourth-order valence-corrected chi connectivity index (χ4v) is 3.77. The molecule has 0 saturated carbocycles. The van der Waals surface area contributed by atoms with E-state index >= 15 is 0 Å². The predicted octanol–water partition coefficient (Wildman–Crippen LogP) is 3.55. The predicted molar refractivity (Wildman–Crippen MR) is 111 cm³/mol. The molecule has 5 heteroatoms. The summed E-state index contributed by atoms with van der Waals surface area (Å²) in [5, 5.41) is 1.24. The van der Waals surface area contributed by atoms with E-state index in [4.69, 9.17) is 4.42 Å². The first kappa shape index (κ1) is 18.4. The number of rotatable bonds is 3. The summed E-state index contributed by atoms with van der Waals surface area (Å²) >= 11 is 0. The molecule has 2 heterocycles. The molecule has 5 nitrogen and oxygen atoms in total. The van der Waals surface area contributed by atoms with Crippen LogP contribution in [0.4, 0.5) is 0 Å². The Hall–Kier alpha value is -2.92. The van der Waals surface area contributed by atoms with Gasteiger partial charge in [-0.05, 0) is 25.1 Å². The lowest BCUT2D eigenvalue weighted by Crippen LogP contribution is -2.48. The van der Waals surface area contributed by atoms with Gasteiger partial charge in [0.25, 0.3) is 5.91 Å². The number of aryl methyl sites for hydroxylation is 1. The van der Waals surface area contributed by atoms with Crippen LogP contribution >= 0.6 is 0 Å². The minimum atomic E-state index is -0.470. The maximum Gasteiger partial charge on any atom is 0.344 e. The molecular weight excluding hydrogens is 352 g/mol. The molecule has 1 aliphatic rings. The third kappa shape index (κ3) is 3.34. The SMILES string of the molecule is CCN1CCN(C(=O)c2oc(=O)c3ccccc3c2-c2ccc(C)cc2)CC1. The monoisotopic (exact) mass is 376 g/mol. The molecule has 28 heavy (non-hydrogen) atoms. The van der Waals surface area contributed by atoms with Gasteiger partial charge in [0, 0.05) is 37.1 Å². The number of carbonyl (C=O) groups is 1. The summed E-state index contributed by atoms with van der Waals surface area (Å²) in [6.07, 6.45) is 0. The highest BCUT2D eigenvalue weighted by atomic mass is 16.4. The van der Waals surface area contributed by atoms with Crippen molar-refractivity contribution in [3.63, 3.8) is 0 Å². The topological polar surface area (TPSA) is 53.8 Å². The molecule has 0 spiro atoms. The zero-order valence-electron chi connectivity index (χ0n) is 16.3. The maximum atomic E-state index is 13.3. The molecule has 0 bridgehead atoms. The number of hydrogen-bond acceptors (Lipinski definition) is 4. The Morgan fingerprint density at radius 2 is 1.61 bits per heavy atom. The third-order valence-corrected chi connectivity index (χ3v) is 5.48. The second kappa shape index (κ2) is 7.60. The Morgan fingerprint density at radius 3 is 2.25 bits per heavy atom. The molecular formula is C23H24N2O3. The van der Waals surface area contributed by atoms with Crippen molar-refractivity contribution in [2.24, 2.45) is 0 Å². The van der Waals surface area contributed by atoms with Crippen LogP contribution in [0.25, 0.3) is 21.9 Å². The number of carbonyl (C=O) groups excluding carboxylic acids is 1. The fourth-order valence-electron chi connectivity index (χ4n) is 3.77. The molecule has 0 atom stereocenters. The second-order valence-corrected chi connectivity index (χ2v) is 7.23. The van der Waals surface area contributed by atoms with Crippen molar-refractivity contribution >= 4 is 16.7 Å². The van der Waals surface area contributed by atoms with Crippen LogP contribution in [0.3, 0.4) is 0 Å². The van der Waals surface area contributed by atoms with E-state index in [1.54, 1.807) is 11.0 Å². The van der Waals surface area contributed by atoms with E-state index in [2.05, 4.69) is 11.8 Å². The normalized spacial score (nSPS) is 15.1. The Bertz CT molecular complexity index is 1060. The minimum Gasteiger partial charge on any atom is -0.416 e. The average Bonchev–Trinajstić information content (AvgIpc) is 2.74. The Morgan fingerprint density at radius 1 is 0.964 bits per heavy atom. The molecule has 2 aromatic carbocycles. The molecule has 0 radical (unpaired) electrons. The number of likely N-dealkylation sites (N-methyl/N-ethyl adjacent to an activating group) is 1. The summed E-state index contributed by atoms with van der Waals surface area (Å²) in [6.45, 7) is 8.05. The minimum absolute atomic E-state index is 0.137. The van der Waals surface area contributed by atoms with Gasteiger partial charge in [0.1, 0.15) is 0 Å². The second-order valence-electron chi connectivity index (χ2n) is 7.23. The van der Waals surface area contributed by atoms with Crippen LogP contribution in [0.15, 0.2) is 57.7 Å². The van der Waals surface area contributed by atoms with Crippen LogP contribution in [0.1, 0.15) is 23.0 Å². The zero-order valence-corrected chi connectivity index (χ0v) is 16.3. The molecule has 4 rings (SSSR count). The van der Waals surface area contributed by atoms with Crippen LogP contribution < -0.4 is 5.63 Å². The van der Waals surface area contributed by atoms with Crippen LogP contribution in [0, 0.1) is 6.92 Å². The molecule has 1 aromatic heterocycles. The van der Waals surface area contributed by atoms with E-state index in [-0.39, 0.29) is 11.7 Å². The van der Waals surface area contributed by atoms with Crippen LogP contribution in [0.5, 0.6) is 0 Å². The van der Waals surface area contributed by atoms with E-state index in [1.807, 2.05) is 49.4 Å². The van der Waals surface area contributed by atoms with Crippen molar-refractivity contribution in [1.29, 1.82) is 0 Å². The molecule has 0 N–H and O–H groups in total. The van der Waals surface area contributed by atoms with Gasteiger partial charge in [0.2, 0.25) is 5.76 Å². The van der Waals surface area contributed by atoms with E-state index in [0.717, 1.165) is 36.1 Å². The Balaban J connectivity index is 1.86. The molecule has 0 aliphatic carbocycles. The number of hydrogen-bond donors (Lipinski definition) is 0. The van der Waals surface area contributed by atoms with Gasteiger partial charge in [-0.2, -0.15) is 0 Å². The molecule has 1 saturated heterocycles. The smallest absolute Gasteiger partial charge is 0.344 e. The third-order valence-electron chi connectivity index (χ3n) is 5.48. The largest absolute Gasteiger partial charge is 0.416 e. The van der Waals surface area contributed by atoms with Gasteiger partial charge >= 0.3 is 5.63 Å². The maximum absolute atomic E-state index is 13.3. The van der Waals surface area contributed by atoms with Gasteiger partial charge in [-0.25, -0.2) is 4.79 Å². The lowest BCUT2D eigenvalue weighted by molar-refractivity contribution is 0.0609. The van der Waals surface area contributed by atoms with Crippen LogP contribution in [0.2, 0.25) is 0 Å². The van der Waals surface area contributed by atoms with E-state index in [1.165, 1.54) is 0 Å². The highest BCUT2D eigenvalue weighted by Gasteiger charge is 2.27. The van der Waals surface area contributed by atoms with E-state index in [9.17, 15) is 9.59 Å². The number of benzene rings is 2. The number of piperazine rings is 1. The van der Waals surface area contributed by atoms with Crippen molar-refractivity contribution in [3.05, 3.63) is 70.3 Å². The summed E-state index contributed by atoms with van der Waals surface area (Å²) in [4.78, 5) is 30.0. The quantitative estimate of drug-likeness (QED) is 0.702. The fraction of sp³-hybridized carbons (Fsp3) is 0.304. The van der Waals surface area contributed by atoms with Crippen molar-refractivity contribution in [3.8, 4) is 11.1 Å². The van der Waals surface area contributed by atoms with Crippen molar-refractivity contribution in [1.82, 2.24) is 9.80 Å². The van der Waals surface area contributed by atoms with Gasteiger partial charge in [0.05, 0.1) is 5.39 Å². The molecule has 3 aromatic rings. The Kier molecular flexibility index (Phi) is 5.01. The van der Waals surface area contributed by atoms with E-state index < -0.39 is 5.63 Å². The first-order valence-electron chi connectivity index (χ1n) is 9.73. The summed E-state index contributed by atoms with van der Waals surface area (Å²) in [7, 11) is 0. The van der Waals surface area contributed by atoms with Crippen molar-refractivity contribution in [2.75, 3.05) is 32.7 Å². The van der Waals surface area contributed by atoms with Crippen LogP contribution in [-0.4, -0.2) is 48.4 Å². The average molecular weight is 376 g/mol. The standard InChI is InChI=1S/C23H24N2O3/c1-3-24-12-14-25(15-13-24)22(26)21-20(17-10-8-16(2)9-11-17)18-6-4-5-7-19(18)23(27)28-21/h4-11H,3,12-15H2,1-2H3. The van der Waals surface area contributed by atoms with Gasteiger partial charge in [-0.1, -0.05) is 55.0 Å². The van der Waals surface area contributed by atoms with Crippen LogP contribution in [-0.2, 0) is 0 Å². The summed E-state index contributed by atoms with van der Waals surface area (Å²) in [6, 6.07) is 15.3. The van der Waals surface area contributed by atoms with Gasteiger partial charge in [-0.15, -0.1) is 0 Å². The highest BCUT2D eigenvalue weighted by molar-refractivity contribution is 6.07. The first-order chi connectivity index (χ1) is 13.6. The number of nitrogens with zero attached hydrogens (tertiary/aromatic N) is 2. The summed E-state index contributed by atoms with van der Waals surface area (Å²) in [5.41, 5.74) is 2.23. The van der Waals surface area contributed by atoms with E-state index in [0.29, 0.717) is 24.0 Å².